The highest BCUT2D eigenvalue weighted by Gasteiger charge is 2.39. The summed E-state index contributed by atoms with van der Waals surface area (Å²) in [5.41, 5.74) is 2.24. The van der Waals surface area contributed by atoms with E-state index < -0.39 is 42.1 Å². The van der Waals surface area contributed by atoms with Gasteiger partial charge in [0.15, 0.2) is 0 Å². The second-order valence-corrected chi connectivity index (χ2v) is 11.2. The number of carbonyl (C=O) groups is 3. The summed E-state index contributed by atoms with van der Waals surface area (Å²) >= 11 is 0. The number of hydrogen-bond donors (Lipinski definition) is 4. The molecule has 2 aliphatic rings. The van der Waals surface area contributed by atoms with Gasteiger partial charge in [0, 0.05) is 6.20 Å². The second kappa shape index (κ2) is 14.6. The average Bonchev–Trinajstić information content (AvgIpc) is 3.00. The maximum Gasteiger partial charge on any atom is 0.249 e. The summed E-state index contributed by atoms with van der Waals surface area (Å²) in [6, 6.07) is 22.3. The molecule has 4 N–H and O–H groups in total. The zero-order valence-electron chi connectivity index (χ0n) is 24.9. The lowest BCUT2D eigenvalue weighted by Crippen LogP contribution is -2.62. The normalized spacial score (nSPS) is 21.2. The van der Waals surface area contributed by atoms with Crippen LogP contribution in [0.15, 0.2) is 91.1 Å². The van der Waals surface area contributed by atoms with Crippen molar-refractivity contribution in [1.82, 2.24) is 20.9 Å². The summed E-state index contributed by atoms with van der Waals surface area (Å²) in [7, 11) is 3.62. The highest BCUT2D eigenvalue weighted by Crippen LogP contribution is 2.22. The van der Waals surface area contributed by atoms with Crippen molar-refractivity contribution in [3.63, 3.8) is 0 Å². The third kappa shape index (κ3) is 8.30. The third-order valence-electron chi connectivity index (χ3n) is 7.45. The lowest BCUT2D eigenvalue weighted by atomic mass is 9.95. The first kappa shape index (κ1) is 31.5. The second-order valence-electron chi connectivity index (χ2n) is 11.2. The molecule has 5 atom stereocenters. The SMILES string of the molecule is CC(C)[C@H]1Oc2ccc(cc2)/C=C/NC(=O)[C@H]([C@@H](O)c2ccccc2)NC(=O)[C@H]1NC(=O)[C@H](Cc1ccccc1)N(C)C. The van der Waals surface area contributed by atoms with Crippen LogP contribution >= 0.6 is 0 Å². The van der Waals surface area contributed by atoms with Crippen LogP contribution in [0.25, 0.3) is 6.08 Å². The van der Waals surface area contributed by atoms with Crippen molar-refractivity contribution in [3.8, 4) is 5.75 Å². The lowest BCUT2D eigenvalue weighted by Gasteiger charge is -2.34. The summed E-state index contributed by atoms with van der Waals surface area (Å²) in [5.74, 6) is -1.33. The molecule has 226 valence electrons. The van der Waals surface area contributed by atoms with Gasteiger partial charge in [0.25, 0.3) is 0 Å². The third-order valence-corrected chi connectivity index (χ3v) is 7.45. The number of likely N-dealkylation sites (N-methyl/N-ethyl adjacent to an activating group) is 1. The molecule has 2 heterocycles. The van der Waals surface area contributed by atoms with Gasteiger partial charge in [-0.1, -0.05) is 86.6 Å². The Morgan fingerprint density at radius 1 is 0.930 bits per heavy atom. The van der Waals surface area contributed by atoms with Gasteiger partial charge in [0.05, 0.1) is 6.04 Å². The molecular formula is C34H40N4O5. The number of carbonyl (C=O) groups excluding carboxylic acids is 3. The topological polar surface area (TPSA) is 120 Å². The Balaban J connectivity index is 1.72. The van der Waals surface area contributed by atoms with Gasteiger partial charge in [0.1, 0.15) is 30.0 Å². The van der Waals surface area contributed by atoms with Crippen molar-refractivity contribution < 1.29 is 24.2 Å². The van der Waals surface area contributed by atoms with Crippen molar-refractivity contribution in [2.45, 2.75) is 50.6 Å². The Morgan fingerprint density at radius 2 is 1.56 bits per heavy atom. The smallest absolute Gasteiger partial charge is 0.249 e. The Morgan fingerprint density at radius 3 is 2.16 bits per heavy atom. The zero-order chi connectivity index (χ0) is 30.9. The van der Waals surface area contributed by atoms with Crippen molar-refractivity contribution in [3.05, 3.63) is 108 Å². The van der Waals surface area contributed by atoms with E-state index in [0.29, 0.717) is 17.7 Å². The largest absolute Gasteiger partial charge is 0.487 e. The fourth-order valence-electron chi connectivity index (χ4n) is 4.98. The minimum absolute atomic E-state index is 0.221. The Labute approximate surface area is 252 Å². The van der Waals surface area contributed by atoms with Gasteiger partial charge < -0.3 is 25.8 Å². The minimum atomic E-state index is -1.36. The van der Waals surface area contributed by atoms with Crippen LogP contribution in [0.4, 0.5) is 0 Å². The molecule has 0 aromatic heterocycles. The number of ether oxygens (including phenoxy) is 1. The number of nitrogens with one attached hydrogen (secondary N) is 3. The molecule has 3 aromatic carbocycles. The number of benzene rings is 3. The average molecular weight is 585 g/mol. The molecule has 0 spiro atoms. The van der Waals surface area contributed by atoms with E-state index in [9.17, 15) is 19.5 Å². The molecule has 0 saturated heterocycles. The van der Waals surface area contributed by atoms with Gasteiger partial charge in [-0.05, 0) is 61.3 Å². The maximum atomic E-state index is 14.1. The minimum Gasteiger partial charge on any atom is -0.487 e. The van der Waals surface area contributed by atoms with Crippen LogP contribution in [0, 0.1) is 5.92 Å². The fraction of sp³-hybridized carbons (Fsp3) is 0.324. The highest BCUT2D eigenvalue weighted by molar-refractivity contribution is 5.94. The van der Waals surface area contributed by atoms with Gasteiger partial charge in [-0.2, -0.15) is 0 Å². The Bertz CT molecular complexity index is 1390. The molecule has 0 saturated carbocycles. The van der Waals surface area contributed by atoms with E-state index in [0.717, 1.165) is 11.1 Å². The first-order valence-electron chi connectivity index (χ1n) is 14.4. The molecule has 0 fully saturated rings. The Kier molecular flexibility index (Phi) is 10.7. The number of fused-ring (bicyclic) bond motifs is 10. The van der Waals surface area contributed by atoms with Crippen LogP contribution in [0.3, 0.4) is 0 Å². The Hall–Kier alpha value is -4.47. The fourth-order valence-corrected chi connectivity index (χ4v) is 4.98. The number of hydrogen-bond acceptors (Lipinski definition) is 6. The monoisotopic (exact) mass is 584 g/mol. The molecular weight excluding hydrogens is 544 g/mol. The number of nitrogens with zero attached hydrogens (tertiary/aromatic N) is 1. The summed E-state index contributed by atoms with van der Waals surface area (Å²) in [6.07, 6.45) is 1.44. The molecule has 2 bridgehead atoms. The van der Waals surface area contributed by atoms with E-state index >= 15 is 0 Å². The van der Waals surface area contributed by atoms with Crippen LogP contribution in [0.1, 0.15) is 36.6 Å². The van der Waals surface area contributed by atoms with E-state index in [1.807, 2.05) is 70.4 Å². The van der Waals surface area contributed by atoms with Crippen LogP contribution in [0.2, 0.25) is 0 Å². The van der Waals surface area contributed by atoms with E-state index in [-0.39, 0.29) is 11.8 Å². The summed E-state index contributed by atoms with van der Waals surface area (Å²) in [6.45, 7) is 3.79. The van der Waals surface area contributed by atoms with E-state index in [1.165, 1.54) is 6.20 Å². The van der Waals surface area contributed by atoms with E-state index in [4.69, 9.17) is 4.74 Å². The van der Waals surface area contributed by atoms with Gasteiger partial charge >= 0.3 is 0 Å². The highest BCUT2D eigenvalue weighted by atomic mass is 16.5. The number of rotatable bonds is 8. The molecule has 5 rings (SSSR count). The van der Waals surface area contributed by atoms with Crippen molar-refractivity contribution in [1.29, 1.82) is 0 Å². The first-order valence-corrected chi connectivity index (χ1v) is 14.4. The van der Waals surface area contributed by atoms with Crippen LogP contribution in [-0.4, -0.2) is 66.1 Å². The number of amides is 3. The predicted octanol–water partition coefficient (Wildman–Crippen LogP) is 3.07. The number of aliphatic hydroxyl groups excluding tert-OH is 1. The molecule has 0 unspecified atom stereocenters. The van der Waals surface area contributed by atoms with Gasteiger partial charge in [-0.3, -0.25) is 19.3 Å². The first-order chi connectivity index (χ1) is 20.6. The molecule has 3 amide bonds. The summed E-state index contributed by atoms with van der Waals surface area (Å²) in [5, 5.41) is 19.6. The quantitative estimate of drug-likeness (QED) is 0.323. The summed E-state index contributed by atoms with van der Waals surface area (Å²) < 4.78 is 6.35. The molecule has 9 heteroatoms. The zero-order valence-corrected chi connectivity index (χ0v) is 24.9. The molecule has 3 aromatic rings. The molecule has 2 aliphatic heterocycles. The van der Waals surface area contributed by atoms with Gasteiger partial charge in [0.2, 0.25) is 17.7 Å². The van der Waals surface area contributed by atoms with Crippen LogP contribution in [0.5, 0.6) is 5.75 Å². The van der Waals surface area contributed by atoms with Crippen molar-refractivity contribution in [2.24, 2.45) is 5.92 Å². The van der Waals surface area contributed by atoms with Crippen LogP contribution in [-0.2, 0) is 20.8 Å². The lowest BCUT2D eigenvalue weighted by molar-refractivity contribution is -0.137. The number of aliphatic hydroxyl groups is 1. The standard InChI is InChI=1S/C34H40N4O5/c1-22(2)31-29(37-32(40)27(38(3)4)21-24-11-7-5-8-12-24)34(42)36-28(30(39)25-13-9-6-10-14-25)33(41)35-20-19-23-15-17-26(43-31)18-16-23/h5-20,22,27-31,39H,21H2,1-4H3,(H,35,41)(H,36,42)(H,37,40)/b20-19+/t27-,28-,29-,30-,31+/m0/s1. The van der Waals surface area contributed by atoms with Crippen molar-refractivity contribution >= 4 is 23.8 Å². The van der Waals surface area contributed by atoms with Crippen LogP contribution < -0.4 is 20.7 Å². The maximum absolute atomic E-state index is 14.1. The molecule has 43 heavy (non-hydrogen) atoms. The van der Waals surface area contributed by atoms with Crippen molar-refractivity contribution in [2.75, 3.05) is 14.1 Å². The van der Waals surface area contributed by atoms with E-state index in [1.54, 1.807) is 53.4 Å². The van der Waals surface area contributed by atoms with Gasteiger partial charge in [-0.15, -0.1) is 0 Å². The molecule has 0 aliphatic carbocycles. The summed E-state index contributed by atoms with van der Waals surface area (Å²) in [4.78, 5) is 43.1. The van der Waals surface area contributed by atoms with Gasteiger partial charge in [-0.25, -0.2) is 0 Å². The predicted molar refractivity (Wildman–Crippen MR) is 166 cm³/mol. The molecule has 0 radical (unpaired) electrons. The molecule has 9 nitrogen and oxygen atoms in total. The van der Waals surface area contributed by atoms with E-state index in [2.05, 4.69) is 16.0 Å².